The molecular weight excluding hydrogens is 392 g/mol. The van der Waals surface area contributed by atoms with Crippen molar-refractivity contribution in [3.8, 4) is 5.75 Å². The molecule has 29 heavy (non-hydrogen) atoms. The molecule has 154 valence electrons. The zero-order chi connectivity index (χ0) is 20.8. The Labute approximate surface area is 173 Å². The molecule has 7 nitrogen and oxygen atoms in total. The van der Waals surface area contributed by atoms with Crippen LogP contribution >= 0.6 is 11.3 Å². The summed E-state index contributed by atoms with van der Waals surface area (Å²) < 4.78 is 10.2. The molecule has 2 atom stereocenters. The van der Waals surface area contributed by atoms with Crippen molar-refractivity contribution in [3.63, 3.8) is 0 Å². The molecule has 0 spiro atoms. The molecule has 0 unspecified atom stereocenters. The molecule has 1 N–H and O–H groups in total. The second kappa shape index (κ2) is 9.56. The van der Waals surface area contributed by atoms with E-state index in [1.54, 1.807) is 4.90 Å². The third-order valence-corrected chi connectivity index (χ3v) is 5.74. The lowest BCUT2D eigenvalue weighted by Crippen LogP contribution is -2.36. The van der Waals surface area contributed by atoms with E-state index < -0.39 is 17.9 Å². The number of carbonyl (C=O) groups is 3. The van der Waals surface area contributed by atoms with Crippen LogP contribution in [0.4, 0.5) is 5.69 Å². The van der Waals surface area contributed by atoms with Gasteiger partial charge in [0.25, 0.3) is 0 Å². The van der Waals surface area contributed by atoms with Crippen LogP contribution in [0.15, 0.2) is 41.8 Å². The molecule has 2 aromatic rings. The van der Waals surface area contributed by atoms with E-state index in [4.69, 9.17) is 9.47 Å². The smallest absolute Gasteiger partial charge is 0.307 e. The number of rotatable bonds is 8. The van der Waals surface area contributed by atoms with E-state index in [9.17, 15) is 14.4 Å². The molecule has 1 aromatic carbocycles. The topological polar surface area (TPSA) is 84.9 Å². The zero-order valence-electron chi connectivity index (χ0n) is 16.4. The van der Waals surface area contributed by atoms with Crippen LogP contribution < -0.4 is 15.0 Å². The molecule has 3 rings (SSSR count). The number of amides is 2. The van der Waals surface area contributed by atoms with Gasteiger partial charge >= 0.3 is 5.97 Å². The van der Waals surface area contributed by atoms with Crippen molar-refractivity contribution in [2.45, 2.75) is 25.8 Å². The summed E-state index contributed by atoms with van der Waals surface area (Å²) in [5, 5.41) is 4.80. The summed E-state index contributed by atoms with van der Waals surface area (Å²) in [5.41, 5.74) is 0.734. The maximum Gasteiger partial charge on any atom is 0.307 e. The fourth-order valence-corrected chi connectivity index (χ4v) is 4.05. The average molecular weight is 416 g/mol. The number of carbonyl (C=O) groups excluding carboxylic acids is 3. The van der Waals surface area contributed by atoms with E-state index >= 15 is 0 Å². The number of nitrogens with zero attached hydrogens (tertiary/aromatic N) is 1. The van der Waals surface area contributed by atoms with Gasteiger partial charge in [-0.3, -0.25) is 14.4 Å². The van der Waals surface area contributed by atoms with Crippen LogP contribution in [0.1, 0.15) is 30.7 Å². The highest BCUT2D eigenvalue weighted by Gasteiger charge is 2.36. The Hall–Kier alpha value is -2.87. The van der Waals surface area contributed by atoms with Gasteiger partial charge in [0.2, 0.25) is 11.8 Å². The first-order chi connectivity index (χ1) is 14.0. The minimum Gasteiger partial charge on any atom is -0.494 e. The van der Waals surface area contributed by atoms with Crippen LogP contribution in [0.25, 0.3) is 0 Å². The lowest BCUT2D eigenvalue weighted by molar-refractivity contribution is -0.141. The van der Waals surface area contributed by atoms with E-state index in [1.165, 1.54) is 18.4 Å². The zero-order valence-corrected chi connectivity index (χ0v) is 17.2. The maximum absolute atomic E-state index is 12.8. The molecule has 8 heteroatoms. The number of ether oxygens (including phenoxy) is 2. The van der Waals surface area contributed by atoms with E-state index in [1.807, 2.05) is 48.7 Å². The van der Waals surface area contributed by atoms with Gasteiger partial charge in [0, 0.05) is 23.5 Å². The third kappa shape index (κ3) is 5.14. The highest BCUT2D eigenvalue weighted by atomic mass is 32.1. The lowest BCUT2D eigenvalue weighted by Gasteiger charge is -2.20. The maximum atomic E-state index is 12.8. The normalized spacial score (nSPS) is 17.1. The van der Waals surface area contributed by atoms with Gasteiger partial charge in [-0.15, -0.1) is 11.3 Å². The standard InChI is InChI=1S/C21H24N2O5S/c1-3-28-16-8-6-15(7-9-16)23-13-14(11-19(23)24)21(26)22-17(12-20(25)27-2)18-5-4-10-29-18/h4-10,14,17H,3,11-13H2,1-2H3,(H,22,26)/t14-,17-/m1/s1. The van der Waals surface area contributed by atoms with Crippen molar-refractivity contribution in [2.24, 2.45) is 5.92 Å². The van der Waals surface area contributed by atoms with Crippen LogP contribution in [-0.2, 0) is 19.1 Å². The van der Waals surface area contributed by atoms with Gasteiger partial charge in [0.05, 0.1) is 32.1 Å². The van der Waals surface area contributed by atoms with Gasteiger partial charge in [-0.25, -0.2) is 0 Å². The van der Waals surface area contributed by atoms with Crippen LogP contribution in [0.5, 0.6) is 5.75 Å². The summed E-state index contributed by atoms with van der Waals surface area (Å²) in [6, 6.07) is 10.5. The number of hydrogen-bond donors (Lipinski definition) is 1. The summed E-state index contributed by atoms with van der Waals surface area (Å²) in [7, 11) is 1.32. The molecule has 2 heterocycles. The predicted molar refractivity (Wildman–Crippen MR) is 110 cm³/mol. The molecule has 2 amide bonds. The van der Waals surface area contributed by atoms with Crippen LogP contribution in [0, 0.1) is 5.92 Å². The average Bonchev–Trinajstić information content (AvgIpc) is 3.38. The summed E-state index contributed by atoms with van der Waals surface area (Å²) in [5.74, 6) is -0.487. The highest BCUT2D eigenvalue weighted by molar-refractivity contribution is 7.10. The number of benzene rings is 1. The molecule has 0 bridgehead atoms. The van der Waals surface area contributed by atoms with Crippen molar-refractivity contribution in [1.29, 1.82) is 0 Å². The van der Waals surface area contributed by atoms with Gasteiger partial charge in [-0.1, -0.05) is 6.07 Å². The number of thiophene rings is 1. The second-order valence-electron chi connectivity index (χ2n) is 6.69. The summed E-state index contributed by atoms with van der Waals surface area (Å²) in [6.45, 7) is 2.78. The fraction of sp³-hybridized carbons (Fsp3) is 0.381. The second-order valence-corrected chi connectivity index (χ2v) is 7.67. The Morgan fingerprint density at radius 1 is 1.28 bits per heavy atom. The molecule has 0 aliphatic carbocycles. The number of hydrogen-bond acceptors (Lipinski definition) is 6. The molecule has 0 saturated carbocycles. The summed E-state index contributed by atoms with van der Waals surface area (Å²) >= 11 is 1.46. The van der Waals surface area contributed by atoms with E-state index in [2.05, 4.69) is 5.32 Å². The van der Waals surface area contributed by atoms with Crippen molar-refractivity contribution in [1.82, 2.24) is 5.32 Å². The molecule has 1 aliphatic heterocycles. The van der Waals surface area contributed by atoms with Gasteiger partial charge < -0.3 is 19.7 Å². The lowest BCUT2D eigenvalue weighted by atomic mass is 10.1. The van der Waals surface area contributed by atoms with Gasteiger partial charge in [0.1, 0.15) is 5.75 Å². The Balaban J connectivity index is 1.66. The van der Waals surface area contributed by atoms with Crippen LogP contribution in [0.2, 0.25) is 0 Å². The molecule has 1 fully saturated rings. The van der Waals surface area contributed by atoms with Gasteiger partial charge in [0.15, 0.2) is 0 Å². The SMILES string of the molecule is CCOc1ccc(N2C[C@H](C(=O)N[C@H](CC(=O)OC)c3cccs3)CC2=O)cc1. The van der Waals surface area contributed by atoms with E-state index in [-0.39, 0.29) is 24.7 Å². The Morgan fingerprint density at radius 2 is 2.03 bits per heavy atom. The summed E-state index contributed by atoms with van der Waals surface area (Å²) in [6.07, 6.45) is 0.181. The predicted octanol–water partition coefficient (Wildman–Crippen LogP) is 2.92. The number of nitrogens with one attached hydrogen (secondary N) is 1. The first-order valence-corrected chi connectivity index (χ1v) is 10.3. The van der Waals surface area contributed by atoms with Crippen LogP contribution in [0.3, 0.4) is 0 Å². The Bertz CT molecular complexity index is 850. The minimum absolute atomic E-state index is 0.0476. The van der Waals surface area contributed by atoms with Crippen molar-refractivity contribution in [2.75, 3.05) is 25.2 Å². The Kier molecular flexibility index (Phi) is 6.87. The largest absolute Gasteiger partial charge is 0.494 e. The first-order valence-electron chi connectivity index (χ1n) is 9.45. The first kappa shape index (κ1) is 20.9. The van der Waals surface area contributed by atoms with Crippen molar-refractivity contribution >= 4 is 34.8 Å². The van der Waals surface area contributed by atoms with Crippen molar-refractivity contribution in [3.05, 3.63) is 46.7 Å². The van der Waals surface area contributed by atoms with E-state index in [0.29, 0.717) is 13.2 Å². The van der Waals surface area contributed by atoms with E-state index in [0.717, 1.165) is 16.3 Å². The highest BCUT2D eigenvalue weighted by Crippen LogP contribution is 2.28. The quantitative estimate of drug-likeness (QED) is 0.669. The molecule has 0 radical (unpaired) electrons. The fourth-order valence-electron chi connectivity index (χ4n) is 3.27. The Morgan fingerprint density at radius 3 is 2.66 bits per heavy atom. The van der Waals surface area contributed by atoms with Crippen molar-refractivity contribution < 1.29 is 23.9 Å². The minimum atomic E-state index is -0.478. The molecular formula is C21H24N2O5S. The van der Waals surface area contributed by atoms with Gasteiger partial charge in [-0.05, 0) is 42.6 Å². The number of methoxy groups -OCH3 is 1. The monoisotopic (exact) mass is 416 g/mol. The number of esters is 1. The third-order valence-electron chi connectivity index (χ3n) is 4.76. The molecule has 1 aliphatic rings. The summed E-state index contributed by atoms with van der Waals surface area (Å²) in [4.78, 5) is 39.5. The number of anilines is 1. The van der Waals surface area contributed by atoms with Gasteiger partial charge in [-0.2, -0.15) is 0 Å². The van der Waals surface area contributed by atoms with Crippen LogP contribution in [-0.4, -0.2) is 38.0 Å². The molecule has 1 saturated heterocycles. The molecule has 1 aromatic heterocycles.